The van der Waals surface area contributed by atoms with E-state index in [9.17, 15) is 4.79 Å². The molecule has 0 saturated carbocycles. The minimum absolute atomic E-state index is 0.0744. The first-order valence-electron chi connectivity index (χ1n) is 4.65. The minimum atomic E-state index is 0.0744. The Balaban J connectivity index is 3.00. The van der Waals surface area contributed by atoms with Gasteiger partial charge in [-0.1, -0.05) is 22.9 Å². The second-order valence-electron chi connectivity index (χ2n) is 3.67. The molecule has 0 bridgehead atoms. The maximum atomic E-state index is 11.7. The molecule has 0 spiro atoms. The number of halogens is 1. The zero-order valence-electron chi connectivity index (χ0n) is 8.75. The van der Waals surface area contributed by atoms with Crippen molar-refractivity contribution >= 4 is 15.9 Å². The van der Waals surface area contributed by atoms with Crippen LogP contribution in [0.3, 0.4) is 0 Å². The highest BCUT2D eigenvalue weighted by molar-refractivity contribution is 9.09. The number of aryl methyl sites for hydroxylation is 1. The molecular formula is C10H15BrN2O. The van der Waals surface area contributed by atoms with Crippen LogP contribution in [0.5, 0.6) is 0 Å². The second-order valence-corrected chi connectivity index (χ2v) is 4.32. The summed E-state index contributed by atoms with van der Waals surface area (Å²) in [6.07, 6.45) is 1.63. The maximum Gasteiger partial charge on any atom is 0.256 e. The van der Waals surface area contributed by atoms with Crippen LogP contribution >= 0.6 is 15.9 Å². The second kappa shape index (κ2) is 4.73. The van der Waals surface area contributed by atoms with Crippen LogP contribution in [0, 0.1) is 19.8 Å². The van der Waals surface area contributed by atoms with Gasteiger partial charge in [-0.2, -0.15) is 0 Å². The van der Waals surface area contributed by atoms with E-state index in [1.807, 2.05) is 13.8 Å². The molecule has 1 rings (SSSR count). The van der Waals surface area contributed by atoms with E-state index in [1.54, 1.807) is 10.9 Å². The number of hydrogen-bond donors (Lipinski definition) is 0. The van der Waals surface area contributed by atoms with Gasteiger partial charge in [-0.15, -0.1) is 0 Å². The average Bonchev–Trinajstić information content (AvgIpc) is 2.19. The van der Waals surface area contributed by atoms with E-state index in [1.165, 1.54) is 0 Å². The lowest BCUT2D eigenvalue weighted by Crippen LogP contribution is -2.26. The summed E-state index contributed by atoms with van der Waals surface area (Å²) in [5.41, 5.74) is 1.64. The van der Waals surface area contributed by atoms with E-state index in [0.717, 1.165) is 23.1 Å². The fraction of sp³-hybridized carbons (Fsp3) is 0.600. The third-order valence-electron chi connectivity index (χ3n) is 2.29. The van der Waals surface area contributed by atoms with Gasteiger partial charge in [0.2, 0.25) is 0 Å². The lowest BCUT2D eigenvalue weighted by molar-refractivity contribution is 0.511. The van der Waals surface area contributed by atoms with Gasteiger partial charge in [0.25, 0.3) is 5.56 Å². The molecule has 78 valence electrons. The Morgan fingerprint density at radius 2 is 2.21 bits per heavy atom. The lowest BCUT2D eigenvalue weighted by atomic mass is 10.2. The summed E-state index contributed by atoms with van der Waals surface area (Å²) in [5, 5.41) is 0.895. The molecule has 1 unspecified atom stereocenters. The Kier molecular flexibility index (Phi) is 3.86. The largest absolute Gasteiger partial charge is 0.299 e. The van der Waals surface area contributed by atoms with Crippen molar-refractivity contribution in [3.63, 3.8) is 0 Å². The van der Waals surface area contributed by atoms with E-state index >= 15 is 0 Å². The van der Waals surface area contributed by atoms with Crippen molar-refractivity contribution in [2.75, 3.05) is 5.33 Å². The Hall–Kier alpha value is -0.640. The summed E-state index contributed by atoms with van der Waals surface area (Å²) in [6.45, 7) is 6.49. The lowest BCUT2D eigenvalue weighted by Gasteiger charge is -2.11. The first kappa shape index (κ1) is 11.4. The highest BCUT2D eigenvalue weighted by atomic mass is 79.9. The molecule has 0 aliphatic heterocycles. The van der Waals surface area contributed by atoms with Gasteiger partial charge in [0.15, 0.2) is 0 Å². The molecule has 1 aromatic heterocycles. The first-order valence-corrected chi connectivity index (χ1v) is 5.77. The van der Waals surface area contributed by atoms with Gasteiger partial charge >= 0.3 is 0 Å². The topological polar surface area (TPSA) is 34.9 Å². The van der Waals surface area contributed by atoms with Crippen LogP contribution < -0.4 is 5.56 Å². The Morgan fingerprint density at radius 3 is 2.79 bits per heavy atom. The third kappa shape index (κ3) is 2.44. The molecule has 1 heterocycles. The van der Waals surface area contributed by atoms with Crippen LogP contribution in [0.2, 0.25) is 0 Å². The third-order valence-corrected chi connectivity index (χ3v) is 3.39. The number of rotatable bonds is 3. The fourth-order valence-electron chi connectivity index (χ4n) is 1.19. The van der Waals surface area contributed by atoms with Crippen molar-refractivity contribution in [2.24, 2.45) is 5.92 Å². The van der Waals surface area contributed by atoms with Crippen LogP contribution in [0.25, 0.3) is 0 Å². The van der Waals surface area contributed by atoms with Gasteiger partial charge < -0.3 is 0 Å². The molecule has 3 nitrogen and oxygen atoms in total. The van der Waals surface area contributed by atoms with Crippen molar-refractivity contribution < 1.29 is 0 Å². The predicted octanol–water partition coefficient (Wildman–Crippen LogP) is 1.89. The summed E-state index contributed by atoms with van der Waals surface area (Å²) < 4.78 is 1.67. The fourth-order valence-corrected chi connectivity index (χ4v) is 1.40. The Morgan fingerprint density at radius 1 is 1.57 bits per heavy atom. The number of hydrogen-bond acceptors (Lipinski definition) is 2. The molecule has 0 aromatic carbocycles. The molecule has 0 aliphatic carbocycles. The van der Waals surface area contributed by atoms with Gasteiger partial charge in [0.05, 0.1) is 6.33 Å². The molecule has 0 aliphatic rings. The van der Waals surface area contributed by atoms with Gasteiger partial charge in [0.1, 0.15) is 0 Å². The zero-order valence-corrected chi connectivity index (χ0v) is 10.3. The highest BCUT2D eigenvalue weighted by Gasteiger charge is 2.06. The zero-order chi connectivity index (χ0) is 10.7. The molecule has 0 saturated heterocycles. The number of aromatic nitrogens is 2. The quantitative estimate of drug-likeness (QED) is 0.777. The van der Waals surface area contributed by atoms with Gasteiger partial charge in [-0.3, -0.25) is 9.36 Å². The number of nitrogens with zero attached hydrogens (tertiary/aromatic N) is 2. The van der Waals surface area contributed by atoms with Crippen molar-refractivity contribution in [1.29, 1.82) is 0 Å². The van der Waals surface area contributed by atoms with Crippen LogP contribution in [0.1, 0.15) is 18.2 Å². The van der Waals surface area contributed by atoms with Crippen LogP contribution in [0.4, 0.5) is 0 Å². The molecule has 1 aromatic rings. The standard InChI is InChI=1S/C10H15BrN2O/c1-7(4-11)5-13-6-12-9(3)8(2)10(13)14/h6-7H,4-5H2,1-3H3. The summed E-state index contributed by atoms with van der Waals surface area (Å²) in [6, 6.07) is 0. The number of alkyl halides is 1. The average molecular weight is 259 g/mol. The van der Waals surface area contributed by atoms with E-state index in [-0.39, 0.29) is 5.56 Å². The highest BCUT2D eigenvalue weighted by Crippen LogP contribution is 2.03. The molecular weight excluding hydrogens is 244 g/mol. The van der Waals surface area contributed by atoms with Crippen LogP contribution in [-0.2, 0) is 6.54 Å². The molecule has 14 heavy (non-hydrogen) atoms. The summed E-state index contributed by atoms with van der Waals surface area (Å²) in [7, 11) is 0. The maximum absolute atomic E-state index is 11.7. The van der Waals surface area contributed by atoms with E-state index in [4.69, 9.17) is 0 Å². The monoisotopic (exact) mass is 258 g/mol. The molecule has 4 heteroatoms. The van der Waals surface area contributed by atoms with E-state index in [2.05, 4.69) is 27.8 Å². The predicted molar refractivity (Wildman–Crippen MR) is 60.9 cm³/mol. The smallest absolute Gasteiger partial charge is 0.256 e. The SMILES string of the molecule is Cc1ncn(CC(C)CBr)c(=O)c1C. The van der Waals surface area contributed by atoms with Crippen molar-refractivity contribution in [1.82, 2.24) is 9.55 Å². The minimum Gasteiger partial charge on any atom is -0.299 e. The van der Waals surface area contributed by atoms with Gasteiger partial charge in [-0.05, 0) is 19.8 Å². The normalized spacial score (nSPS) is 12.9. The van der Waals surface area contributed by atoms with Gasteiger partial charge in [0, 0.05) is 23.1 Å². The van der Waals surface area contributed by atoms with E-state index < -0.39 is 0 Å². The Bertz CT molecular complexity index is 373. The Labute approximate surface area is 92.3 Å². The van der Waals surface area contributed by atoms with Crippen molar-refractivity contribution in [2.45, 2.75) is 27.3 Å². The van der Waals surface area contributed by atoms with Crippen LogP contribution in [0.15, 0.2) is 11.1 Å². The van der Waals surface area contributed by atoms with Gasteiger partial charge in [-0.25, -0.2) is 4.98 Å². The molecule has 1 atom stereocenters. The van der Waals surface area contributed by atoms with Crippen molar-refractivity contribution in [3.8, 4) is 0 Å². The molecule has 0 amide bonds. The summed E-state index contributed by atoms with van der Waals surface area (Å²) in [5.74, 6) is 0.441. The molecule has 0 radical (unpaired) electrons. The molecule has 0 fully saturated rings. The summed E-state index contributed by atoms with van der Waals surface area (Å²) >= 11 is 3.39. The first-order chi connectivity index (χ1) is 6.56. The molecule has 0 N–H and O–H groups in total. The van der Waals surface area contributed by atoms with Crippen LogP contribution in [-0.4, -0.2) is 14.9 Å². The van der Waals surface area contributed by atoms with Crippen molar-refractivity contribution in [3.05, 3.63) is 27.9 Å². The summed E-state index contributed by atoms with van der Waals surface area (Å²) in [4.78, 5) is 15.9. The van der Waals surface area contributed by atoms with E-state index in [0.29, 0.717) is 5.92 Å².